The number of amides is 2. The van der Waals surface area contributed by atoms with Crippen LogP contribution in [0.25, 0.3) is 11.3 Å². The number of hydrogen-bond acceptors (Lipinski definition) is 6. The number of ether oxygens (including phenoxy) is 1. The van der Waals surface area contributed by atoms with Gasteiger partial charge in [0.1, 0.15) is 12.1 Å². The molecular formula is C19H18N6O2. The number of nitrogens with one attached hydrogen (secondary N) is 1. The highest BCUT2D eigenvalue weighted by molar-refractivity contribution is 6.01. The van der Waals surface area contributed by atoms with Crippen molar-refractivity contribution in [3.05, 3.63) is 54.7 Å². The molecule has 136 valence electrons. The van der Waals surface area contributed by atoms with Gasteiger partial charge < -0.3 is 4.74 Å². The van der Waals surface area contributed by atoms with Gasteiger partial charge in [0.05, 0.1) is 12.3 Å². The lowest BCUT2D eigenvalue weighted by molar-refractivity contribution is 0.256. The van der Waals surface area contributed by atoms with Crippen LogP contribution in [0.3, 0.4) is 0 Å². The molecule has 4 heterocycles. The summed E-state index contributed by atoms with van der Waals surface area (Å²) < 4.78 is 5.77. The highest BCUT2D eigenvalue weighted by atomic mass is 16.5. The van der Waals surface area contributed by atoms with Crippen molar-refractivity contribution in [2.75, 3.05) is 23.4 Å². The summed E-state index contributed by atoms with van der Waals surface area (Å²) in [6.45, 7) is 2.95. The minimum Gasteiger partial charge on any atom is -0.490 e. The number of aromatic nitrogens is 4. The Bertz CT molecular complexity index is 963. The molecule has 1 aliphatic heterocycles. The van der Waals surface area contributed by atoms with E-state index in [1.807, 2.05) is 31.2 Å². The Kier molecular flexibility index (Phi) is 4.61. The van der Waals surface area contributed by atoms with Gasteiger partial charge in [0.15, 0.2) is 11.6 Å². The van der Waals surface area contributed by atoms with E-state index in [9.17, 15) is 4.79 Å². The Balaban J connectivity index is 1.69. The van der Waals surface area contributed by atoms with Gasteiger partial charge in [0.2, 0.25) is 0 Å². The average Bonchev–Trinajstić information content (AvgIpc) is 2.90. The third-order valence-corrected chi connectivity index (χ3v) is 4.13. The standard InChI is InChI=1S/C19H18N6O2/c1-13-11-14(5-8-21-13)15-3-4-16-18(23-15)25(9-2-10-27-16)19(26)24-17-6-7-20-12-22-17/h3-8,11-12H,2,9-10H2,1H3,(H,20,22,24,26). The van der Waals surface area contributed by atoms with Crippen molar-refractivity contribution < 1.29 is 9.53 Å². The molecule has 0 aromatic carbocycles. The minimum absolute atomic E-state index is 0.309. The first-order chi connectivity index (χ1) is 13.2. The van der Waals surface area contributed by atoms with E-state index in [-0.39, 0.29) is 6.03 Å². The number of fused-ring (bicyclic) bond motifs is 1. The largest absolute Gasteiger partial charge is 0.490 e. The van der Waals surface area contributed by atoms with Gasteiger partial charge >= 0.3 is 6.03 Å². The predicted octanol–water partition coefficient (Wildman–Crippen LogP) is 3.06. The van der Waals surface area contributed by atoms with Crippen molar-refractivity contribution in [3.63, 3.8) is 0 Å². The third kappa shape index (κ3) is 3.69. The molecule has 8 nitrogen and oxygen atoms in total. The molecule has 0 spiro atoms. The normalized spacial score (nSPS) is 13.3. The third-order valence-electron chi connectivity index (χ3n) is 4.13. The molecule has 4 rings (SSSR count). The molecular weight excluding hydrogens is 344 g/mol. The number of carbonyl (C=O) groups is 1. The topological polar surface area (TPSA) is 93.1 Å². The first-order valence-electron chi connectivity index (χ1n) is 8.62. The van der Waals surface area contributed by atoms with Gasteiger partial charge in [0, 0.05) is 30.2 Å². The fraction of sp³-hybridized carbons (Fsp3) is 0.211. The zero-order chi connectivity index (χ0) is 18.6. The van der Waals surface area contributed by atoms with E-state index in [2.05, 4.69) is 20.3 Å². The van der Waals surface area contributed by atoms with E-state index in [4.69, 9.17) is 9.72 Å². The number of nitrogens with zero attached hydrogens (tertiary/aromatic N) is 5. The van der Waals surface area contributed by atoms with E-state index in [0.717, 1.165) is 17.0 Å². The molecule has 27 heavy (non-hydrogen) atoms. The van der Waals surface area contributed by atoms with Crippen molar-refractivity contribution in [1.82, 2.24) is 19.9 Å². The molecule has 0 atom stereocenters. The number of anilines is 2. The van der Waals surface area contributed by atoms with Crippen LogP contribution < -0.4 is 15.0 Å². The summed E-state index contributed by atoms with van der Waals surface area (Å²) >= 11 is 0. The van der Waals surface area contributed by atoms with E-state index < -0.39 is 0 Å². The number of urea groups is 1. The molecule has 0 radical (unpaired) electrons. The Hall–Kier alpha value is -3.55. The summed E-state index contributed by atoms with van der Waals surface area (Å²) in [7, 11) is 0. The second-order valence-corrected chi connectivity index (χ2v) is 6.08. The molecule has 0 unspecified atom stereocenters. The smallest absolute Gasteiger partial charge is 0.328 e. The summed E-state index contributed by atoms with van der Waals surface area (Å²) in [6.07, 6.45) is 5.41. The van der Waals surface area contributed by atoms with Crippen molar-refractivity contribution >= 4 is 17.7 Å². The first kappa shape index (κ1) is 16.9. The number of rotatable bonds is 2. The average molecular weight is 362 g/mol. The SMILES string of the molecule is Cc1cc(-c2ccc3c(n2)N(C(=O)Nc2ccncn2)CCCO3)ccn1. The second-order valence-electron chi connectivity index (χ2n) is 6.08. The summed E-state index contributed by atoms with van der Waals surface area (Å²) in [5, 5.41) is 2.78. The molecule has 2 amide bonds. The zero-order valence-electron chi connectivity index (χ0n) is 14.8. The van der Waals surface area contributed by atoms with E-state index >= 15 is 0 Å². The van der Waals surface area contributed by atoms with Crippen molar-refractivity contribution in [2.24, 2.45) is 0 Å². The van der Waals surface area contributed by atoms with Gasteiger partial charge in [-0.3, -0.25) is 15.2 Å². The van der Waals surface area contributed by atoms with Gasteiger partial charge in [-0.15, -0.1) is 0 Å². The fourth-order valence-electron chi connectivity index (χ4n) is 2.86. The van der Waals surface area contributed by atoms with Crippen LogP contribution in [0, 0.1) is 6.92 Å². The number of carbonyl (C=O) groups excluding carboxylic acids is 1. The Labute approximate surface area is 156 Å². The predicted molar refractivity (Wildman–Crippen MR) is 101 cm³/mol. The summed E-state index contributed by atoms with van der Waals surface area (Å²) in [4.78, 5) is 31.2. The Morgan fingerprint density at radius 2 is 2.11 bits per heavy atom. The Morgan fingerprint density at radius 1 is 1.19 bits per heavy atom. The van der Waals surface area contributed by atoms with E-state index in [1.54, 1.807) is 23.4 Å². The zero-order valence-corrected chi connectivity index (χ0v) is 14.8. The van der Waals surface area contributed by atoms with Crippen LogP contribution in [0.1, 0.15) is 12.1 Å². The molecule has 0 bridgehead atoms. The second kappa shape index (κ2) is 7.36. The molecule has 3 aromatic heterocycles. The maximum Gasteiger partial charge on any atom is 0.328 e. The fourth-order valence-corrected chi connectivity index (χ4v) is 2.86. The van der Waals surface area contributed by atoms with Crippen LogP contribution in [-0.2, 0) is 0 Å². The quantitative estimate of drug-likeness (QED) is 0.753. The lowest BCUT2D eigenvalue weighted by Crippen LogP contribution is -2.36. The van der Waals surface area contributed by atoms with E-state index in [0.29, 0.717) is 37.0 Å². The van der Waals surface area contributed by atoms with E-state index in [1.165, 1.54) is 6.33 Å². The lowest BCUT2D eigenvalue weighted by Gasteiger charge is -2.21. The van der Waals surface area contributed by atoms with Gasteiger partial charge in [0.25, 0.3) is 0 Å². The maximum absolute atomic E-state index is 12.8. The van der Waals surface area contributed by atoms with Crippen LogP contribution in [0.2, 0.25) is 0 Å². The van der Waals surface area contributed by atoms with Crippen LogP contribution >= 0.6 is 0 Å². The van der Waals surface area contributed by atoms with Crippen LogP contribution in [-0.4, -0.2) is 39.1 Å². The van der Waals surface area contributed by atoms with Crippen molar-refractivity contribution in [3.8, 4) is 17.0 Å². The van der Waals surface area contributed by atoms with Crippen molar-refractivity contribution in [2.45, 2.75) is 13.3 Å². The number of aryl methyl sites for hydroxylation is 1. The van der Waals surface area contributed by atoms with Gasteiger partial charge in [-0.25, -0.2) is 19.7 Å². The Morgan fingerprint density at radius 3 is 2.93 bits per heavy atom. The maximum atomic E-state index is 12.8. The van der Waals surface area contributed by atoms with Crippen LogP contribution in [0.15, 0.2) is 49.1 Å². The molecule has 0 aliphatic carbocycles. The number of pyridine rings is 2. The molecule has 8 heteroatoms. The molecule has 0 fully saturated rings. The number of hydrogen-bond donors (Lipinski definition) is 1. The van der Waals surface area contributed by atoms with Crippen molar-refractivity contribution in [1.29, 1.82) is 0 Å². The minimum atomic E-state index is -0.309. The lowest BCUT2D eigenvalue weighted by atomic mass is 10.1. The van der Waals surface area contributed by atoms with Gasteiger partial charge in [-0.1, -0.05) is 0 Å². The van der Waals surface area contributed by atoms with Crippen LogP contribution in [0.5, 0.6) is 5.75 Å². The van der Waals surface area contributed by atoms with Gasteiger partial charge in [-0.2, -0.15) is 0 Å². The highest BCUT2D eigenvalue weighted by Gasteiger charge is 2.24. The monoisotopic (exact) mass is 362 g/mol. The molecule has 0 saturated carbocycles. The summed E-state index contributed by atoms with van der Waals surface area (Å²) in [5.41, 5.74) is 2.59. The van der Waals surface area contributed by atoms with Gasteiger partial charge in [-0.05, 0) is 43.7 Å². The summed E-state index contributed by atoms with van der Waals surface area (Å²) in [6, 6.07) is 8.92. The highest BCUT2D eigenvalue weighted by Crippen LogP contribution is 2.32. The molecule has 1 N–H and O–H groups in total. The first-order valence-corrected chi connectivity index (χ1v) is 8.62. The van der Waals surface area contributed by atoms with Crippen LogP contribution in [0.4, 0.5) is 16.4 Å². The molecule has 1 aliphatic rings. The summed E-state index contributed by atoms with van der Waals surface area (Å²) in [5.74, 6) is 1.51. The molecule has 3 aromatic rings. The molecule has 0 saturated heterocycles.